The number of aromatic nitrogens is 1. The highest BCUT2D eigenvalue weighted by atomic mass is 16.1. The zero-order valence-electron chi connectivity index (χ0n) is 12.6. The molecule has 3 aromatic rings. The number of anilines is 2. The van der Waals surface area contributed by atoms with Crippen LogP contribution in [0.4, 0.5) is 11.4 Å². The molecule has 0 spiro atoms. The average Bonchev–Trinajstić information content (AvgIpc) is 2.58. The van der Waals surface area contributed by atoms with Crippen molar-refractivity contribution < 1.29 is 4.79 Å². The van der Waals surface area contributed by atoms with Gasteiger partial charge in [-0.3, -0.25) is 9.78 Å². The van der Waals surface area contributed by atoms with E-state index in [9.17, 15) is 4.79 Å². The number of rotatable bonds is 4. The number of nitrogens with zero attached hydrogens (tertiary/aromatic N) is 1. The molecule has 4 heteroatoms. The topological polar surface area (TPSA) is 68.0 Å². The van der Waals surface area contributed by atoms with E-state index in [1.807, 2.05) is 48.5 Å². The normalized spacial score (nSPS) is 10.3. The van der Waals surface area contributed by atoms with Gasteiger partial charge in [-0.05, 0) is 53.1 Å². The highest BCUT2D eigenvalue weighted by Gasteiger charge is 2.04. The summed E-state index contributed by atoms with van der Waals surface area (Å²) in [5, 5.41) is 2.90. The minimum absolute atomic E-state index is 0.0496. The molecule has 0 aliphatic rings. The van der Waals surface area contributed by atoms with Crippen LogP contribution in [0.5, 0.6) is 0 Å². The Morgan fingerprint density at radius 1 is 0.870 bits per heavy atom. The molecule has 0 aliphatic carbocycles. The molecule has 1 heterocycles. The van der Waals surface area contributed by atoms with E-state index in [2.05, 4.69) is 10.3 Å². The maximum atomic E-state index is 12.1. The Balaban J connectivity index is 1.64. The van der Waals surface area contributed by atoms with Crippen molar-refractivity contribution in [3.8, 4) is 11.1 Å². The number of hydrogen-bond acceptors (Lipinski definition) is 3. The first-order valence-corrected chi connectivity index (χ1v) is 7.35. The van der Waals surface area contributed by atoms with Gasteiger partial charge in [0.15, 0.2) is 0 Å². The number of nitrogens with two attached hydrogens (primary N) is 1. The van der Waals surface area contributed by atoms with Crippen LogP contribution in [-0.4, -0.2) is 10.9 Å². The molecule has 3 N–H and O–H groups in total. The molecule has 114 valence electrons. The fourth-order valence-electron chi connectivity index (χ4n) is 2.32. The molecule has 0 saturated carbocycles. The van der Waals surface area contributed by atoms with E-state index < -0.39 is 0 Å². The van der Waals surface area contributed by atoms with Gasteiger partial charge in [0, 0.05) is 23.8 Å². The molecule has 0 unspecified atom stereocenters. The van der Waals surface area contributed by atoms with E-state index in [0.29, 0.717) is 12.1 Å². The van der Waals surface area contributed by atoms with Crippen molar-refractivity contribution >= 4 is 17.3 Å². The Kier molecular flexibility index (Phi) is 4.34. The summed E-state index contributed by atoms with van der Waals surface area (Å²) in [4.78, 5) is 16.1. The van der Waals surface area contributed by atoms with Crippen molar-refractivity contribution in [2.24, 2.45) is 0 Å². The zero-order valence-corrected chi connectivity index (χ0v) is 12.6. The zero-order chi connectivity index (χ0) is 16.1. The highest BCUT2D eigenvalue weighted by Crippen LogP contribution is 2.20. The lowest BCUT2D eigenvalue weighted by atomic mass is 10.1. The molecule has 0 bridgehead atoms. The molecule has 0 aliphatic heterocycles. The summed E-state index contributed by atoms with van der Waals surface area (Å²) in [6.45, 7) is 0. The molecule has 3 rings (SSSR count). The number of carbonyl (C=O) groups excluding carboxylic acids is 1. The Morgan fingerprint density at radius 2 is 1.48 bits per heavy atom. The van der Waals surface area contributed by atoms with Crippen molar-refractivity contribution in [2.75, 3.05) is 11.1 Å². The van der Waals surface area contributed by atoms with Gasteiger partial charge in [-0.1, -0.05) is 24.3 Å². The minimum Gasteiger partial charge on any atom is -0.399 e. The van der Waals surface area contributed by atoms with E-state index in [0.717, 1.165) is 22.4 Å². The second-order valence-electron chi connectivity index (χ2n) is 5.28. The quantitative estimate of drug-likeness (QED) is 0.725. The van der Waals surface area contributed by atoms with Gasteiger partial charge in [0.25, 0.3) is 0 Å². The molecule has 1 amide bonds. The molecule has 0 radical (unpaired) electrons. The van der Waals surface area contributed by atoms with Gasteiger partial charge < -0.3 is 11.1 Å². The molecule has 2 aromatic carbocycles. The molecule has 23 heavy (non-hydrogen) atoms. The Hall–Kier alpha value is -3.14. The van der Waals surface area contributed by atoms with Crippen LogP contribution in [0, 0.1) is 0 Å². The predicted molar refractivity (Wildman–Crippen MR) is 92.9 cm³/mol. The monoisotopic (exact) mass is 303 g/mol. The largest absolute Gasteiger partial charge is 0.399 e. The van der Waals surface area contributed by atoms with Crippen molar-refractivity contribution in [3.05, 3.63) is 78.6 Å². The number of amides is 1. The van der Waals surface area contributed by atoms with Gasteiger partial charge in [-0.15, -0.1) is 0 Å². The third kappa shape index (κ3) is 3.95. The smallest absolute Gasteiger partial charge is 0.228 e. The van der Waals surface area contributed by atoms with Gasteiger partial charge in [0.05, 0.1) is 6.42 Å². The summed E-state index contributed by atoms with van der Waals surface area (Å²) >= 11 is 0. The Bertz CT molecular complexity index is 781. The van der Waals surface area contributed by atoms with Gasteiger partial charge >= 0.3 is 0 Å². The summed E-state index contributed by atoms with van der Waals surface area (Å²) in [5.74, 6) is -0.0496. The van der Waals surface area contributed by atoms with Crippen molar-refractivity contribution in [3.63, 3.8) is 0 Å². The van der Waals surface area contributed by atoms with Gasteiger partial charge in [0.1, 0.15) is 0 Å². The predicted octanol–water partition coefficient (Wildman–Crippen LogP) is 3.51. The molecule has 0 atom stereocenters. The summed E-state index contributed by atoms with van der Waals surface area (Å²) < 4.78 is 0. The van der Waals surface area contributed by atoms with Crippen LogP contribution in [0.15, 0.2) is 73.1 Å². The molecular formula is C19H17N3O. The maximum absolute atomic E-state index is 12.1. The third-order valence-electron chi connectivity index (χ3n) is 3.53. The number of nitrogen functional groups attached to an aromatic ring is 1. The van der Waals surface area contributed by atoms with E-state index in [-0.39, 0.29) is 5.91 Å². The van der Waals surface area contributed by atoms with Crippen LogP contribution in [0.1, 0.15) is 5.56 Å². The lowest BCUT2D eigenvalue weighted by molar-refractivity contribution is -0.115. The van der Waals surface area contributed by atoms with Crippen LogP contribution >= 0.6 is 0 Å². The van der Waals surface area contributed by atoms with Gasteiger partial charge in [-0.25, -0.2) is 0 Å². The molecule has 0 saturated heterocycles. The molecule has 4 nitrogen and oxygen atoms in total. The molecule has 1 aromatic heterocycles. The molecular weight excluding hydrogens is 286 g/mol. The van der Waals surface area contributed by atoms with Crippen LogP contribution in [0.3, 0.4) is 0 Å². The van der Waals surface area contributed by atoms with Crippen molar-refractivity contribution in [1.82, 2.24) is 4.98 Å². The van der Waals surface area contributed by atoms with Crippen LogP contribution in [0.2, 0.25) is 0 Å². The summed E-state index contributed by atoms with van der Waals surface area (Å²) in [7, 11) is 0. The average molecular weight is 303 g/mol. The maximum Gasteiger partial charge on any atom is 0.228 e. The minimum atomic E-state index is -0.0496. The number of nitrogens with one attached hydrogen (secondary N) is 1. The Morgan fingerprint density at radius 3 is 2.13 bits per heavy atom. The molecule has 0 fully saturated rings. The number of benzene rings is 2. The highest BCUT2D eigenvalue weighted by molar-refractivity contribution is 5.92. The van der Waals surface area contributed by atoms with E-state index in [1.165, 1.54) is 0 Å². The van der Waals surface area contributed by atoms with Gasteiger partial charge in [-0.2, -0.15) is 0 Å². The Labute approximate surface area is 135 Å². The second kappa shape index (κ2) is 6.75. The first-order chi connectivity index (χ1) is 11.2. The standard InChI is InChI=1S/C19H17N3O/c20-17-5-1-14(2-6-17)13-19(23)22-18-7-3-15(4-8-18)16-9-11-21-12-10-16/h1-12H,13,20H2,(H,22,23). The first-order valence-electron chi connectivity index (χ1n) is 7.35. The second-order valence-corrected chi connectivity index (χ2v) is 5.28. The summed E-state index contributed by atoms with van der Waals surface area (Å²) in [6, 6.07) is 19.0. The summed E-state index contributed by atoms with van der Waals surface area (Å²) in [5.41, 5.74) is 10.2. The van der Waals surface area contributed by atoms with Crippen LogP contribution < -0.4 is 11.1 Å². The number of carbonyl (C=O) groups is 1. The SMILES string of the molecule is Nc1ccc(CC(=O)Nc2ccc(-c3ccncc3)cc2)cc1. The van der Waals surface area contributed by atoms with Crippen LogP contribution in [0.25, 0.3) is 11.1 Å². The fourth-order valence-corrected chi connectivity index (χ4v) is 2.32. The lowest BCUT2D eigenvalue weighted by Gasteiger charge is -2.07. The van der Waals surface area contributed by atoms with E-state index >= 15 is 0 Å². The third-order valence-corrected chi connectivity index (χ3v) is 3.53. The van der Waals surface area contributed by atoms with Crippen molar-refractivity contribution in [2.45, 2.75) is 6.42 Å². The van der Waals surface area contributed by atoms with Crippen LogP contribution in [-0.2, 0) is 11.2 Å². The van der Waals surface area contributed by atoms with E-state index in [1.54, 1.807) is 24.5 Å². The number of hydrogen-bond donors (Lipinski definition) is 2. The number of pyridine rings is 1. The van der Waals surface area contributed by atoms with E-state index in [4.69, 9.17) is 5.73 Å². The fraction of sp³-hybridized carbons (Fsp3) is 0.0526. The van der Waals surface area contributed by atoms with Gasteiger partial charge in [0.2, 0.25) is 5.91 Å². The first kappa shape index (κ1) is 14.8. The summed E-state index contributed by atoms with van der Waals surface area (Å²) in [6.07, 6.45) is 3.85. The van der Waals surface area contributed by atoms with Crippen molar-refractivity contribution in [1.29, 1.82) is 0 Å². The lowest BCUT2D eigenvalue weighted by Crippen LogP contribution is -2.14.